The van der Waals surface area contributed by atoms with Gasteiger partial charge in [-0.15, -0.1) is 0 Å². The summed E-state index contributed by atoms with van der Waals surface area (Å²) in [6.07, 6.45) is 17.4. The highest BCUT2D eigenvalue weighted by atomic mass is 16.1. The van der Waals surface area contributed by atoms with Gasteiger partial charge in [-0.1, -0.05) is 37.3 Å². The number of hydrogen-bond donors (Lipinski definition) is 0. The fraction of sp³-hybridized carbons (Fsp3) is 0.217. The molecule has 0 spiro atoms. The number of ketones is 1. The first-order valence-corrected chi connectivity index (χ1v) is 9.22. The summed E-state index contributed by atoms with van der Waals surface area (Å²) in [5.74, 6) is 0.273. The Morgan fingerprint density at radius 2 is 1.96 bits per heavy atom. The summed E-state index contributed by atoms with van der Waals surface area (Å²) in [5.41, 5.74) is 3.36. The molecule has 0 fully saturated rings. The van der Waals surface area contributed by atoms with Crippen molar-refractivity contribution in [2.45, 2.75) is 6.92 Å². The van der Waals surface area contributed by atoms with Crippen molar-refractivity contribution in [1.82, 2.24) is 9.88 Å². The lowest BCUT2D eigenvalue weighted by Gasteiger charge is -2.12. The molecule has 5 nitrogen and oxygen atoms in total. The smallest absolute Gasteiger partial charge is 0.195 e. The Morgan fingerprint density at radius 1 is 1.21 bits per heavy atom. The molecule has 0 saturated heterocycles. The second-order valence-corrected chi connectivity index (χ2v) is 7.07. The monoisotopic (exact) mass is 373 g/mol. The molecular weight excluding hydrogens is 348 g/mol. The molecule has 0 aromatic carbocycles. The van der Waals surface area contributed by atoms with Crippen LogP contribution in [0.25, 0.3) is 5.57 Å². The minimum atomic E-state index is -0.0720. The van der Waals surface area contributed by atoms with E-state index < -0.39 is 0 Å². The van der Waals surface area contributed by atoms with Gasteiger partial charge in [-0.05, 0) is 12.0 Å². The fourth-order valence-electron chi connectivity index (χ4n) is 2.83. The van der Waals surface area contributed by atoms with Crippen molar-refractivity contribution in [2.75, 3.05) is 14.1 Å². The van der Waals surface area contributed by atoms with Gasteiger partial charge in [-0.2, -0.15) is 0 Å². The quantitative estimate of drug-likeness (QED) is 0.349. The Balaban J connectivity index is 2.13. The number of pyridine rings is 2. The van der Waals surface area contributed by atoms with Crippen molar-refractivity contribution >= 4 is 23.4 Å². The lowest BCUT2D eigenvalue weighted by molar-refractivity contribution is -0.671. The van der Waals surface area contributed by atoms with Gasteiger partial charge in [0, 0.05) is 43.6 Å². The molecule has 1 aliphatic rings. The average molecular weight is 373 g/mol. The lowest BCUT2D eigenvalue weighted by Crippen LogP contribution is -2.26. The van der Waals surface area contributed by atoms with Gasteiger partial charge >= 0.3 is 0 Å². The van der Waals surface area contributed by atoms with Crippen LogP contribution in [0.3, 0.4) is 0 Å². The number of aryl methyl sites for hydroxylation is 1. The van der Waals surface area contributed by atoms with Gasteiger partial charge in [0.05, 0.1) is 17.6 Å². The van der Waals surface area contributed by atoms with Crippen molar-refractivity contribution in [2.24, 2.45) is 18.0 Å². The zero-order valence-corrected chi connectivity index (χ0v) is 16.7. The van der Waals surface area contributed by atoms with Gasteiger partial charge in [-0.25, -0.2) is 9.56 Å². The van der Waals surface area contributed by atoms with Crippen LogP contribution in [0.4, 0.5) is 5.69 Å². The molecule has 0 saturated carbocycles. The number of aliphatic imine (C=N–C) groups is 1. The molecule has 2 aromatic heterocycles. The highest BCUT2D eigenvalue weighted by Crippen LogP contribution is 2.31. The highest BCUT2D eigenvalue weighted by molar-refractivity contribution is 6.13. The van der Waals surface area contributed by atoms with E-state index in [0.29, 0.717) is 28.4 Å². The van der Waals surface area contributed by atoms with Crippen molar-refractivity contribution in [1.29, 1.82) is 0 Å². The average Bonchev–Trinajstić information content (AvgIpc) is 2.90. The number of aromatic nitrogens is 2. The molecule has 0 amide bonds. The van der Waals surface area contributed by atoms with Crippen LogP contribution in [-0.2, 0) is 7.05 Å². The van der Waals surface area contributed by atoms with Crippen molar-refractivity contribution in [3.05, 3.63) is 84.0 Å². The molecular formula is C23H25N4O+. The molecule has 1 aliphatic carbocycles. The van der Waals surface area contributed by atoms with E-state index >= 15 is 0 Å². The second-order valence-electron chi connectivity index (χ2n) is 7.07. The topological polar surface area (TPSA) is 49.4 Å². The van der Waals surface area contributed by atoms with Crippen LogP contribution in [0.5, 0.6) is 0 Å². The van der Waals surface area contributed by atoms with E-state index in [1.807, 2.05) is 73.4 Å². The van der Waals surface area contributed by atoms with Gasteiger partial charge in [0.2, 0.25) is 0 Å². The number of allylic oxidation sites excluding steroid dienone is 6. The fourth-order valence-corrected chi connectivity index (χ4v) is 2.83. The Bertz CT molecular complexity index is 982. The van der Waals surface area contributed by atoms with Crippen molar-refractivity contribution in [3.63, 3.8) is 0 Å². The van der Waals surface area contributed by atoms with Crippen LogP contribution in [0.1, 0.15) is 28.5 Å². The Kier molecular flexibility index (Phi) is 5.94. The maximum absolute atomic E-state index is 13.2. The summed E-state index contributed by atoms with van der Waals surface area (Å²) in [6.45, 7) is 2.12. The summed E-state index contributed by atoms with van der Waals surface area (Å²) in [4.78, 5) is 24.2. The standard InChI is InChI=1S/C23H25N4O/c1-17-6-5-7-18(9-8-17)21-22(25-16-26(2)3)20(10-13-24-21)23(28)19-11-14-27(4)15-12-19/h5-17H,1-4H3/q+1. The van der Waals surface area contributed by atoms with Gasteiger partial charge < -0.3 is 4.90 Å². The Hall–Kier alpha value is -3.34. The van der Waals surface area contributed by atoms with E-state index in [2.05, 4.69) is 29.1 Å². The zero-order chi connectivity index (χ0) is 20.1. The molecule has 3 rings (SSSR count). The lowest BCUT2D eigenvalue weighted by atomic mass is 9.99. The maximum atomic E-state index is 13.2. The number of rotatable bonds is 5. The van der Waals surface area contributed by atoms with Crippen molar-refractivity contribution < 1.29 is 9.36 Å². The van der Waals surface area contributed by atoms with E-state index in [1.54, 1.807) is 18.6 Å². The van der Waals surface area contributed by atoms with Crippen LogP contribution < -0.4 is 4.57 Å². The summed E-state index contributed by atoms with van der Waals surface area (Å²) in [5, 5.41) is 0. The minimum absolute atomic E-state index is 0.0720. The molecule has 5 heteroatoms. The van der Waals surface area contributed by atoms with Crippen LogP contribution in [-0.4, -0.2) is 36.1 Å². The van der Waals surface area contributed by atoms with Gasteiger partial charge in [-0.3, -0.25) is 9.78 Å². The first-order valence-electron chi connectivity index (χ1n) is 9.22. The normalized spacial score (nSPS) is 16.1. The SMILES string of the molecule is CC1C=CC=C(c2nccc(C(=O)c3cc[n+](C)cc3)c2N=CN(C)C)C=C1. The van der Waals surface area contributed by atoms with Crippen LogP contribution in [0, 0.1) is 5.92 Å². The predicted octanol–water partition coefficient (Wildman–Crippen LogP) is 3.50. The van der Waals surface area contributed by atoms with E-state index in [4.69, 9.17) is 0 Å². The Morgan fingerprint density at radius 3 is 2.68 bits per heavy atom. The molecule has 2 heterocycles. The van der Waals surface area contributed by atoms with Gasteiger partial charge in [0.25, 0.3) is 0 Å². The number of hydrogen-bond acceptors (Lipinski definition) is 3. The number of carbonyl (C=O) groups is 1. The summed E-state index contributed by atoms with van der Waals surface area (Å²) in [7, 11) is 5.71. The Labute approximate surface area is 166 Å². The van der Waals surface area contributed by atoms with Crippen LogP contribution in [0.15, 0.2) is 72.2 Å². The third kappa shape index (κ3) is 4.49. The van der Waals surface area contributed by atoms with Gasteiger partial charge in [0.15, 0.2) is 18.2 Å². The first kappa shape index (κ1) is 19.4. The van der Waals surface area contributed by atoms with Crippen LogP contribution >= 0.6 is 0 Å². The molecule has 0 bridgehead atoms. The number of carbonyl (C=O) groups excluding carboxylic acids is 1. The van der Waals surface area contributed by atoms with Gasteiger partial charge in [0.1, 0.15) is 12.7 Å². The molecule has 2 aromatic rings. The zero-order valence-electron chi connectivity index (χ0n) is 16.7. The van der Waals surface area contributed by atoms with E-state index in [9.17, 15) is 4.79 Å². The molecule has 1 unspecified atom stereocenters. The van der Waals surface area contributed by atoms with E-state index in [-0.39, 0.29) is 5.78 Å². The minimum Gasteiger partial charge on any atom is -0.369 e. The molecule has 0 radical (unpaired) electrons. The molecule has 0 N–H and O–H groups in total. The summed E-state index contributed by atoms with van der Waals surface area (Å²) >= 11 is 0. The third-order valence-corrected chi connectivity index (χ3v) is 4.37. The van der Waals surface area contributed by atoms with Crippen molar-refractivity contribution in [3.8, 4) is 0 Å². The van der Waals surface area contributed by atoms with Crippen LogP contribution in [0.2, 0.25) is 0 Å². The van der Waals surface area contributed by atoms with E-state index in [0.717, 1.165) is 5.57 Å². The molecule has 142 valence electrons. The first-order chi connectivity index (χ1) is 13.5. The highest BCUT2D eigenvalue weighted by Gasteiger charge is 2.19. The summed E-state index contributed by atoms with van der Waals surface area (Å²) in [6, 6.07) is 5.37. The molecule has 28 heavy (non-hydrogen) atoms. The maximum Gasteiger partial charge on any atom is 0.195 e. The molecule has 1 atom stereocenters. The summed E-state index contributed by atoms with van der Waals surface area (Å²) < 4.78 is 1.90. The number of nitrogens with zero attached hydrogens (tertiary/aromatic N) is 4. The largest absolute Gasteiger partial charge is 0.369 e. The van der Waals surface area contributed by atoms with E-state index in [1.165, 1.54) is 0 Å². The molecule has 0 aliphatic heterocycles. The second kappa shape index (κ2) is 8.57. The third-order valence-electron chi connectivity index (χ3n) is 4.37. The predicted molar refractivity (Wildman–Crippen MR) is 113 cm³/mol.